The highest BCUT2D eigenvalue weighted by atomic mass is 15.0. The van der Waals surface area contributed by atoms with Crippen LogP contribution in [-0.4, -0.2) is 6.04 Å². The quantitative estimate of drug-likeness (QED) is 0.818. The minimum absolute atomic E-state index is 0.533. The Hall–Kier alpha value is -0.820. The average molecular weight is 231 g/mol. The molecular weight excluding hydrogens is 206 g/mol. The number of nitrogens with one attached hydrogen (secondary N) is 1. The zero-order chi connectivity index (χ0) is 12.3. The van der Waals surface area contributed by atoms with Gasteiger partial charge < -0.3 is 5.32 Å². The highest BCUT2D eigenvalue weighted by Crippen LogP contribution is 2.28. The van der Waals surface area contributed by atoms with Gasteiger partial charge in [0.2, 0.25) is 0 Å². The molecule has 0 aliphatic heterocycles. The predicted molar refractivity (Wildman–Crippen MR) is 74.1 cm³/mol. The van der Waals surface area contributed by atoms with Gasteiger partial charge in [-0.1, -0.05) is 43.7 Å². The monoisotopic (exact) mass is 231 g/mol. The highest BCUT2D eigenvalue weighted by molar-refractivity contribution is 5.24. The molecule has 1 N–H and O–H groups in total. The summed E-state index contributed by atoms with van der Waals surface area (Å²) in [5.74, 6) is 0.906. The first-order chi connectivity index (χ1) is 8.19. The first-order valence-corrected chi connectivity index (χ1v) is 7.01. The van der Waals surface area contributed by atoms with Crippen molar-refractivity contribution in [3.63, 3.8) is 0 Å². The molecule has 0 amide bonds. The van der Waals surface area contributed by atoms with Crippen LogP contribution in [0.3, 0.4) is 0 Å². The number of hydrogen-bond acceptors (Lipinski definition) is 1. The lowest BCUT2D eigenvalue weighted by Crippen LogP contribution is -2.30. The van der Waals surface area contributed by atoms with E-state index in [9.17, 15) is 0 Å². The van der Waals surface area contributed by atoms with Crippen LogP contribution in [0.4, 0.5) is 0 Å². The van der Waals surface area contributed by atoms with E-state index in [1.165, 1.54) is 36.8 Å². The van der Waals surface area contributed by atoms with Crippen LogP contribution in [0.1, 0.15) is 56.7 Å². The zero-order valence-corrected chi connectivity index (χ0v) is 11.4. The second-order valence-electron chi connectivity index (χ2n) is 5.65. The molecule has 1 saturated carbocycles. The molecule has 0 radical (unpaired) electrons. The van der Waals surface area contributed by atoms with E-state index in [1.54, 1.807) is 0 Å². The summed E-state index contributed by atoms with van der Waals surface area (Å²) in [6.07, 6.45) is 5.27. The largest absolute Gasteiger partial charge is 0.307 e. The van der Waals surface area contributed by atoms with Crippen molar-refractivity contribution < 1.29 is 0 Å². The maximum atomic E-state index is 3.83. The first-order valence-electron chi connectivity index (χ1n) is 7.01. The van der Waals surface area contributed by atoms with E-state index < -0.39 is 0 Å². The number of rotatable bonds is 4. The molecule has 1 nitrogen and oxygen atoms in total. The van der Waals surface area contributed by atoms with Crippen molar-refractivity contribution in [2.75, 3.05) is 0 Å². The van der Waals surface area contributed by atoms with Gasteiger partial charge in [0.25, 0.3) is 0 Å². The molecule has 1 aromatic carbocycles. The third kappa shape index (κ3) is 3.32. The second-order valence-corrected chi connectivity index (χ2v) is 5.65. The summed E-state index contributed by atoms with van der Waals surface area (Å²) in [6.45, 7) is 6.79. The van der Waals surface area contributed by atoms with Crippen LogP contribution in [0, 0.1) is 12.8 Å². The molecule has 1 aliphatic rings. The fraction of sp³-hybridized carbons (Fsp3) is 0.625. The average Bonchev–Trinajstić information content (AvgIpc) is 2.73. The van der Waals surface area contributed by atoms with E-state index in [1.807, 2.05) is 0 Å². The summed E-state index contributed by atoms with van der Waals surface area (Å²) >= 11 is 0. The second kappa shape index (κ2) is 5.68. The summed E-state index contributed by atoms with van der Waals surface area (Å²) in [6, 6.07) is 10.2. The molecule has 3 atom stereocenters. The molecule has 1 fully saturated rings. The molecule has 2 rings (SSSR count). The van der Waals surface area contributed by atoms with Gasteiger partial charge >= 0.3 is 0 Å². The standard InChI is InChI=1S/C16H25N/c1-4-16(14-8-5-12(2)6-9-14)17-15-10-7-13(3)11-15/h5-6,8-9,13,15-17H,4,7,10-11H2,1-3H3. The molecule has 1 heteroatoms. The maximum Gasteiger partial charge on any atom is 0.0320 e. The molecule has 94 valence electrons. The predicted octanol–water partition coefficient (Wildman–Crippen LogP) is 4.22. The van der Waals surface area contributed by atoms with Crippen molar-refractivity contribution in [2.45, 2.75) is 58.5 Å². The number of aryl methyl sites for hydroxylation is 1. The molecular formula is C16H25N. The van der Waals surface area contributed by atoms with Crippen molar-refractivity contribution in [1.29, 1.82) is 0 Å². The lowest BCUT2D eigenvalue weighted by molar-refractivity contribution is 0.421. The van der Waals surface area contributed by atoms with E-state index in [2.05, 4.69) is 50.4 Å². The van der Waals surface area contributed by atoms with Crippen molar-refractivity contribution in [1.82, 2.24) is 5.32 Å². The minimum atomic E-state index is 0.533. The van der Waals surface area contributed by atoms with Crippen LogP contribution in [0.2, 0.25) is 0 Å². The minimum Gasteiger partial charge on any atom is -0.307 e. The molecule has 0 heterocycles. The first kappa shape index (κ1) is 12.6. The molecule has 0 saturated heterocycles. The fourth-order valence-electron chi connectivity index (χ4n) is 2.89. The molecule has 17 heavy (non-hydrogen) atoms. The van der Waals surface area contributed by atoms with Gasteiger partial charge in [-0.15, -0.1) is 0 Å². The van der Waals surface area contributed by atoms with Gasteiger partial charge in [0.05, 0.1) is 0 Å². The van der Waals surface area contributed by atoms with Crippen molar-refractivity contribution in [3.8, 4) is 0 Å². The SMILES string of the molecule is CCC(NC1CCC(C)C1)c1ccc(C)cc1. The van der Waals surface area contributed by atoms with E-state index in [0.717, 1.165) is 12.0 Å². The highest BCUT2D eigenvalue weighted by Gasteiger charge is 2.23. The smallest absolute Gasteiger partial charge is 0.0320 e. The Morgan fingerprint density at radius 2 is 1.94 bits per heavy atom. The Morgan fingerprint density at radius 3 is 2.47 bits per heavy atom. The van der Waals surface area contributed by atoms with Crippen LogP contribution < -0.4 is 5.32 Å². The van der Waals surface area contributed by atoms with E-state index in [-0.39, 0.29) is 0 Å². The Balaban J connectivity index is 1.98. The lowest BCUT2D eigenvalue weighted by Gasteiger charge is -2.22. The van der Waals surface area contributed by atoms with Gasteiger partial charge in [0.15, 0.2) is 0 Å². The summed E-state index contributed by atoms with van der Waals surface area (Å²) in [5, 5.41) is 3.83. The van der Waals surface area contributed by atoms with Gasteiger partial charge in [0.1, 0.15) is 0 Å². The number of benzene rings is 1. The van der Waals surface area contributed by atoms with Crippen molar-refractivity contribution in [2.24, 2.45) is 5.92 Å². The fourth-order valence-corrected chi connectivity index (χ4v) is 2.89. The van der Waals surface area contributed by atoms with Gasteiger partial charge in [-0.05, 0) is 44.1 Å². The van der Waals surface area contributed by atoms with Crippen LogP contribution in [0.15, 0.2) is 24.3 Å². The van der Waals surface area contributed by atoms with Crippen LogP contribution in [-0.2, 0) is 0 Å². The van der Waals surface area contributed by atoms with Gasteiger partial charge in [-0.2, -0.15) is 0 Å². The summed E-state index contributed by atoms with van der Waals surface area (Å²) in [4.78, 5) is 0. The molecule has 0 aromatic heterocycles. The normalized spacial score (nSPS) is 26.1. The molecule has 1 aliphatic carbocycles. The Morgan fingerprint density at radius 1 is 1.24 bits per heavy atom. The van der Waals surface area contributed by atoms with Gasteiger partial charge in [0, 0.05) is 12.1 Å². The van der Waals surface area contributed by atoms with E-state index in [0.29, 0.717) is 6.04 Å². The zero-order valence-electron chi connectivity index (χ0n) is 11.4. The van der Waals surface area contributed by atoms with Crippen LogP contribution in [0.25, 0.3) is 0 Å². The molecule has 3 unspecified atom stereocenters. The van der Waals surface area contributed by atoms with Gasteiger partial charge in [-0.3, -0.25) is 0 Å². The van der Waals surface area contributed by atoms with Crippen LogP contribution in [0.5, 0.6) is 0 Å². The van der Waals surface area contributed by atoms with Crippen molar-refractivity contribution in [3.05, 3.63) is 35.4 Å². The Bertz CT molecular complexity index is 341. The Kier molecular flexibility index (Phi) is 4.22. The topological polar surface area (TPSA) is 12.0 Å². The van der Waals surface area contributed by atoms with Crippen LogP contribution >= 0.6 is 0 Å². The third-order valence-electron chi connectivity index (χ3n) is 4.02. The van der Waals surface area contributed by atoms with E-state index in [4.69, 9.17) is 0 Å². The molecule has 1 aromatic rings. The summed E-state index contributed by atoms with van der Waals surface area (Å²) < 4.78 is 0. The maximum absolute atomic E-state index is 3.83. The molecule has 0 bridgehead atoms. The van der Waals surface area contributed by atoms with E-state index >= 15 is 0 Å². The number of hydrogen-bond donors (Lipinski definition) is 1. The molecule has 0 spiro atoms. The van der Waals surface area contributed by atoms with Crippen molar-refractivity contribution >= 4 is 0 Å². The summed E-state index contributed by atoms with van der Waals surface area (Å²) in [5.41, 5.74) is 2.79. The lowest BCUT2D eigenvalue weighted by atomic mass is 10.0. The summed E-state index contributed by atoms with van der Waals surface area (Å²) in [7, 11) is 0. The third-order valence-corrected chi connectivity index (χ3v) is 4.02. The van der Waals surface area contributed by atoms with Gasteiger partial charge in [-0.25, -0.2) is 0 Å². The Labute approximate surface area is 106 Å².